The van der Waals surface area contributed by atoms with Crippen molar-refractivity contribution in [2.24, 2.45) is 0 Å². The Kier molecular flexibility index (Phi) is 4.42. The standard InChI is InChI=1S/C13H18N2O3S/c1-14(6-4-12(16)17)13(18)15(11-2-3-11)8-10-5-7-19-9-10/h5,7,9,11H,2-4,6,8H2,1H3,(H,16,17). The van der Waals surface area contributed by atoms with Gasteiger partial charge in [0.2, 0.25) is 0 Å². The minimum atomic E-state index is -0.879. The van der Waals surface area contributed by atoms with E-state index in [9.17, 15) is 9.59 Å². The maximum atomic E-state index is 12.3. The molecule has 5 nitrogen and oxygen atoms in total. The number of rotatable bonds is 6. The molecule has 1 heterocycles. The van der Waals surface area contributed by atoms with E-state index in [4.69, 9.17) is 5.11 Å². The van der Waals surface area contributed by atoms with Crippen LogP contribution in [0.3, 0.4) is 0 Å². The third-order valence-corrected chi connectivity index (χ3v) is 3.89. The highest BCUT2D eigenvalue weighted by atomic mass is 32.1. The SMILES string of the molecule is CN(CCC(=O)O)C(=O)N(Cc1ccsc1)C1CC1. The van der Waals surface area contributed by atoms with Crippen LogP contribution in [0.5, 0.6) is 0 Å². The van der Waals surface area contributed by atoms with Crippen LogP contribution in [0.15, 0.2) is 16.8 Å². The van der Waals surface area contributed by atoms with Gasteiger partial charge < -0.3 is 14.9 Å². The van der Waals surface area contributed by atoms with Gasteiger partial charge in [-0.25, -0.2) is 4.79 Å². The molecule has 2 amide bonds. The molecule has 0 radical (unpaired) electrons. The summed E-state index contributed by atoms with van der Waals surface area (Å²) in [7, 11) is 1.66. The van der Waals surface area contributed by atoms with Gasteiger partial charge in [-0.3, -0.25) is 4.79 Å². The first-order valence-corrected chi connectivity index (χ1v) is 7.27. The van der Waals surface area contributed by atoms with Gasteiger partial charge in [-0.15, -0.1) is 0 Å². The number of hydrogen-bond donors (Lipinski definition) is 1. The highest BCUT2D eigenvalue weighted by Gasteiger charge is 2.34. The molecule has 2 rings (SSSR count). The molecule has 0 spiro atoms. The third-order valence-electron chi connectivity index (χ3n) is 3.15. The number of carboxylic acid groups (broad SMARTS) is 1. The number of urea groups is 1. The predicted molar refractivity (Wildman–Crippen MR) is 73.2 cm³/mol. The number of hydrogen-bond acceptors (Lipinski definition) is 3. The number of carbonyl (C=O) groups is 2. The van der Waals surface area contributed by atoms with Crippen molar-refractivity contribution >= 4 is 23.3 Å². The van der Waals surface area contributed by atoms with E-state index in [2.05, 4.69) is 0 Å². The summed E-state index contributed by atoms with van der Waals surface area (Å²) < 4.78 is 0. The van der Waals surface area contributed by atoms with Crippen molar-refractivity contribution in [3.8, 4) is 0 Å². The maximum Gasteiger partial charge on any atom is 0.320 e. The lowest BCUT2D eigenvalue weighted by Crippen LogP contribution is -2.42. The fourth-order valence-corrected chi connectivity index (χ4v) is 2.56. The molecule has 0 saturated heterocycles. The summed E-state index contributed by atoms with van der Waals surface area (Å²) in [6, 6.07) is 2.26. The van der Waals surface area contributed by atoms with Crippen LogP contribution < -0.4 is 0 Å². The van der Waals surface area contributed by atoms with E-state index in [-0.39, 0.29) is 19.0 Å². The zero-order chi connectivity index (χ0) is 13.8. The molecule has 1 aromatic heterocycles. The monoisotopic (exact) mass is 282 g/mol. The van der Waals surface area contributed by atoms with Crippen LogP contribution in [-0.4, -0.2) is 46.5 Å². The van der Waals surface area contributed by atoms with Crippen LogP contribution in [0.1, 0.15) is 24.8 Å². The lowest BCUT2D eigenvalue weighted by atomic mass is 10.3. The van der Waals surface area contributed by atoms with Gasteiger partial charge in [0.25, 0.3) is 0 Å². The lowest BCUT2D eigenvalue weighted by molar-refractivity contribution is -0.137. The van der Waals surface area contributed by atoms with Crippen molar-refractivity contribution in [3.63, 3.8) is 0 Å². The average Bonchev–Trinajstić information content (AvgIpc) is 3.09. The molecule has 19 heavy (non-hydrogen) atoms. The minimum absolute atomic E-state index is 0.0147. The first-order valence-electron chi connectivity index (χ1n) is 6.32. The summed E-state index contributed by atoms with van der Waals surface area (Å²) >= 11 is 1.62. The van der Waals surface area contributed by atoms with Crippen LogP contribution in [0.2, 0.25) is 0 Å². The van der Waals surface area contributed by atoms with Gasteiger partial charge in [0, 0.05) is 26.2 Å². The lowest BCUT2D eigenvalue weighted by Gasteiger charge is -2.27. The Bertz CT molecular complexity index is 443. The van der Waals surface area contributed by atoms with Crippen LogP contribution in [0.4, 0.5) is 4.79 Å². The molecule has 0 bridgehead atoms. The number of amides is 2. The number of thiophene rings is 1. The number of carbonyl (C=O) groups excluding carboxylic acids is 1. The first kappa shape index (κ1) is 13.9. The van der Waals surface area contributed by atoms with E-state index in [1.54, 1.807) is 18.4 Å². The molecule has 104 valence electrons. The molecule has 1 aromatic rings. The van der Waals surface area contributed by atoms with Crippen LogP contribution >= 0.6 is 11.3 Å². The number of aliphatic carboxylic acids is 1. The second-order valence-electron chi connectivity index (χ2n) is 4.84. The fourth-order valence-electron chi connectivity index (χ4n) is 1.90. The molecule has 1 saturated carbocycles. The van der Waals surface area contributed by atoms with E-state index in [0.717, 1.165) is 18.4 Å². The molecule has 0 unspecified atom stereocenters. The summed E-state index contributed by atoms with van der Waals surface area (Å²) in [5, 5.41) is 12.7. The Labute approximate surface area is 116 Å². The topological polar surface area (TPSA) is 60.9 Å². The zero-order valence-electron chi connectivity index (χ0n) is 10.9. The summed E-state index contributed by atoms with van der Waals surface area (Å²) in [6.07, 6.45) is 2.07. The molecule has 0 atom stereocenters. The van der Waals surface area contributed by atoms with Gasteiger partial charge in [0.05, 0.1) is 6.42 Å². The minimum Gasteiger partial charge on any atom is -0.481 e. The van der Waals surface area contributed by atoms with Crippen molar-refractivity contribution in [2.75, 3.05) is 13.6 Å². The van der Waals surface area contributed by atoms with Gasteiger partial charge >= 0.3 is 12.0 Å². The van der Waals surface area contributed by atoms with E-state index in [1.807, 2.05) is 21.7 Å². The molecule has 6 heteroatoms. The molecule has 1 fully saturated rings. The Morgan fingerprint density at radius 1 is 1.47 bits per heavy atom. The molecule has 1 N–H and O–H groups in total. The zero-order valence-corrected chi connectivity index (χ0v) is 11.7. The third kappa shape index (κ3) is 3.96. The van der Waals surface area contributed by atoms with Crippen molar-refractivity contribution < 1.29 is 14.7 Å². The second kappa shape index (κ2) is 6.06. The normalized spacial score (nSPS) is 14.2. The first-order chi connectivity index (χ1) is 9.08. The number of carboxylic acids is 1. The van der Waals surface area contributed by atoms with Gasteiger partial charge in [0.1, 0.15) is 0 Å². The molecular formula is C13H18N2O3S. The Hall–Kier alpha value is -1.56. The summed E-state index contributed by atoms with van der Waals surface area (Å²) in [4.78, 5) is 26.2. The summed E-state index contributed by atoms with van der Waals surface area (Å²) in [5.41, 5.74) is 1.14. The smallest absolute Gasteiger partial charge is 0.320 e. The second-order valence-corrected chi connectivity index (χ2v) is 5.62. The van der Waals surface area contributed by atoms with Gasteiger partial charge in [-0.2, -0.15) is 11.3 Å². The van der Waals surface area contributed by atoms with Crippen molar-refractivity contribution in [2.45, 2.75) is 31.8 Å². The largest absolute Gasteiger partial charge is 0.481 e. The van der Waals surface area contributed by atoms with E-state index in [0.29, 0.717) is 12.6 Å². The Balaban J connectivity index is 1.94. The van der Waals surface area contributed by atoms with Crippen LogP contribution in [-0.2, 0) is 11.3 Å². The fraction of sp³-hybridized carbons (Fsp3) is 0.538. The van der Waals surface area contributed by atoms with Crippen molar-refractivity contribution in [1.82, 2.24) is 9.80 Å². The van der Waals surface area contributed by atoms with Crippen molar-refractivity contribution in [1.29, 1.82) is 0 Å². The molecule has 0 aromatic carbocycles. The van der Waals surface area contributed by atoms with Crippen molar-refractivity contribution in [3.05, 3.63) is 22.4 Å². The Morgan fingerprint density at radius 3 is 2.74 bits per heavy atom. The number of nitrogens with zero attached hydrogens (tertiary/aromatic N) is 2. The highest BCUT2D eigenvalue weighted by Crippen LogP contribution is 2.29. The van der Waals surface area contributed by atoms with E-state index >= 15 is 0 Å². The van der Waals surface area contributed by atoms with Gasteiger partial charge in [0.15, 0.2) is 0 Å². The van der Waals surface area contributed by atoms with Gasteiger partial charge in [-0.1, -0.05) is 0 Å². The molecule has 1 aliphatic carbocycles. The quantitative estimate of drug-likeness (QED) is 0.870. The summed E-state index contributed by atoms with van der Waals surface area (Å²) in [6.45, 7) is 0.867. The van der Waals surface area contributed by atoms with Crippen LogP contribution in [0.25, 0.3) is 0 Å². The molecule has 0 aliphatic heterocycles. The summed E-state index contributed by atoms with van der Waals surface area (Å²) in [5.74, 6) is -0.879. The van der Waals surface area contributed by atoms with Crippen LogP contribution in [0, 0.1) is 0 Å². The predicted octanol–water partition coefficient (Wildman–Crippen LogP) is 2.24. The highest BCUT2D eigenvalue weighted by molar-refractivity contribution is 7.07. The Morgan fingerprint density at radius 2 is 2.21 bits per heavy atom. The van der Waals surface area contributed by atoms with E-state index < -0.39 is 5.97 Å². The van der Waals surface area contributed by atoms with E-state index in [1.165, 1.54) is 4.90 Å². The van der Waals surface area contributed by atoms with Gasteiger partial charge in [-0.05, 0) is 35.2 Å². The maximum absolute atomic E-state index is 12.3. The molecule has 1 aliphatic rings. The average molecular weight is 282 g/mol. The molecular weight excluding hydrogens is 264 g/mol.